The van der Waals surface area contributed by atoms with Crippen LogP contribution in [0.5, 0.6) is 0 Å². The number of ether oxygens (including phenoxy) is 1. The van der Waals surface area contributed by atoms with Gasteiger partial charge in [0.05, 0.1) is 25.4 Å². The zero-order valence-corrected chi connectivity index (χ0v) is 20.7. The van der Waals surface area contributed by atoms with Gasteiger partial charge in [-0.2, -0.15) is 0 Å². The third-order valence-electron chi connectivity index (χ3n) is 6.06. The summed E-state index contributed by atoms with van der Waals surface area (Å²) in [7, 11) is 0. The minimum Gasteiger partial charge on any atom is -0.391 e. The second-order valence-electron chi connectivity index (χ2n) is 9.55. The van der Waals surface area contributed by atoms with Crippen LogP contribution in [0.25, 0.3) is 0 Å². The fraction of sp³-hybridized carbons (Fsp3) is 1.00. The smallest absolute Gasteiger partial charge is 0.0773 e. The van der Waals surface area contributed by atoms with Crippen LogP contribution in [0, 0.1) is 0 Å². The van der Waals surface area contributed by atoms with Crippen molar-refractivity contribution in [1.82, 2.24) is 0 Å². The Hall–Kier alpha value is -0.120. The van der Waals surface area contributed by atoms with Crippen molar-refractivity contribution in [3.05, 3.63) is 0 Å². The van der Waals surface area contributed by atoms with E-state index in [1.807, 2.05) is 0 Å². The molecule has 0 aromatic heterocycles. The third-order valence-corrected chi connectivity index (χ3v) is 6.06. The van der Waals surface area contributed by atoms with E-state index in [4.69, 9.17) is 9.84 Å². The number of hydrogen-bond acceptors (Lipinski definition) is 3. The van der Waals surface area contributed by atoms with Gasteiger partial charge in [0, 0.05) is 0 Å². The molecule has 2 N–H and O–H groups in total. The zero-order chi connectivity index (χ0) is 22.1. The predicted octanol–water partition coefficient (Wildman–Crippen LogP) is 7.96. The highest BCUT2D eigenvalue weighted by Gasteiger charge is 2.05. The maximum Gasteiger partial charge on any atom is 0.0773 e. The number of hydrogen-bond donors (Lipinski definition) is 2. The Morgan fingerprint density at radius 2 is 0.833 bits per heavy atom. The maximum atomic E-state index is 9.81. The van der Waals surface area contributed by atoms with Crippen LogP contribution in [-0.4, -0.2) is 35.6 Å². The quantitative estimate of drug-likeness (QED) is 0.145. The van der Waals surface area contributed by atoms with Crippen LogP contribution in [0.15, 0.2) is 0 Å². The first kappa shape index (κ1) is 29.9. The fourth-order valence-electron chi connectivity index (χ4n) is 4.09. The van der Waals surface area contributed by atoms with Crippen molar-refractivity contribution >= 4 is 0 Å². The molecule has 3 heteroatoms. The van der Waals surface area contributed by atoms with Gasteiger partial charge in [-0.15, -0.1) is 0 Å². The molecule has 2 unspecified atom stereocenters. The molecule has 0 rings (SSSR count). The summed E-state index contributed by atoms with van der Waals surface area (Å²) < 4.78 is 5.25. The monoisotopic (exact) mass is 428 g/mol. The lowest BCUT2D eigenvalue weighted by Crippen LogP contribution is -2.19. The Bertz CT molecular complexity index is 306. The van der Waals surface area contributed by atoms with E-state index < -0.39 is 6.10 Å². The van der Waals surface area contributed by atoms with E-state index >= 15 is 0 Å². The molecular weight excluding hydrogens is 372 g/mol. The van der Waals surface area contributed by atoms with Gasteiger partial charge in [-0.3, -0.25) is 0 Å². The van der Waals surface area contributed by atoms with Crippen LogP contribution < -0.4 is 0 Å². The molecule has 0 amide bonds. The summed E-state index contributed by atoms with van der Waals surface area (Å²) in [6, 6.07) is 0. The normalized spacial score (nSPS) is 13.6. The van der Waals surface area contributed by atoms with Crippen molar-refractivity contribution in [2.24, 2.45) is 0 Å². The number of rotatable bonds is 25. The van der Waals surface area contributed by atoms with E-state index in [2.05, 4.69) is 6.92 Å². The molecule has 0 fully saturated rings. The summed E-state index contributed by atoms with van der Waals surface area (Å²) >= 11 is 0. The van der Waals surface area contributed by atoms with E-state index in [1.54, 1.807) is 6.92 Å². The Kier molecular flexibility index (Phi) is 25.0. The molecule has 0 saturated heterocycles. The molecule has 0 aliphatic heterocycles. The number of aliphatic hydroxyl groups excluding tert-OH is 2. The molecule has 0 aliphatic rings. The van der Waals surface area contributed by atoms with E-state index in [9.17, 15) is 5.11 Å². The molecule has 0 aliphatic carbocycles. The molecular formula is C27H56O3. The zero-order valence-electron chi connectivity index (χ0n) is 20.7. The van der Waals surface area contributed by atoms with Crippen molar-refractivity contribution in [2.45, 2.75) is 161 Å². The molecule has 3 nitrogen and oxygen atoms in total. The van der Waals surface area contributed by atoms with Gasteiger partial charge in [-0.05, 0) is 13.3 Å². The minimum atomic E-state index is -0.447. The van der Waals surface area contributed by atoms with Crippen LogP contribution >= 0.6 is 0 Å². The largest absolute Gasteiger partial charge is 0.391 e. The van der Waals surface area contributed by atoms with Crippen molar-refractivity contribution in [3.63, 3.8) is 0 Å². The maximum absolute atomic E-state index is 9.81. The van der Waals surface area contributed by atoms with Gasteiger partial charge in [0.1, 0.15) is 0 Å². The molecule has 0 aromatic carbocycles. The van der Waals surface area contributed by atoms with Crippen molar-refractivity contribution in [3.8, 4) is 0 Å². The Morgan fingerprint density at radius 1 is 0.500 bits per heavy atom. The van der Waals surface area contributed by atoms with E-state index in [0.717, 1.165) is 12.8 Å². The van der Waals surface area contributed by atoms with Gasteiger partial charge in [-0.1, -0.05) is 135 Å². The Labute approximate surface area is 189 Å². The van der Waals surface area contributed by atoms with Crippen LogP contribution in [0.4, 0.5) is 0 Å². The molecule has 0 radical (unpaired) electrons. The highest BCUT2D eigenvalue weighted by molar-refractivity contribution is 4.56. The molecule has 0 aromatic rings. The van der Waals surface area contributed by atoms with E-state index in [1.165, 1.54) is 122 Å². The highest BCUT2D eigenvalue weighted by Crippen LogP contribution is 2.15. The first-order chi connectivity index (χ1) is 14.7. The van der Waals surface area contributed by atoms with E-state index in [0.29, 0.717) is 13.2 Å². The summed E-state index contributed by atoms with van der Waals surface area (Å²) in [6.45, 7) is 4.66. The average Bonchev–Trinajstić information content (AvgIpc) is 2.72. The molecule has 0 bridgehead atoms. The predicted molar refractivity (Wildman–Crippen MR) is 131 cm³/mol. The summed E-state index contributed by atoms with van der Waals surface area (Å²) in [5.74, 6) is 0. The summed E-state index contributed by atoms with van der Waals surface area (Å²) in [5.41, 5.74) is 0. The van der Waals surface area contributed by atoms with Gasteiger partial charge in [-0.25, -0.2) is 0 Å². The lowest BCUT2D eigenvalue weighted by Gasteiger charge is -2.12. The van der Waals surface area contributed by atoms with Gasteiger partial charge in [0.15, 0.2) is 0 Å². The lowest BCUT2D eigenvalue weighted by atomic mass is 10.0. The third kappa shape index (κ3) is 25.9. The summed E-state index contributed by atoms with van der Waals surface area (Å²) in [5, 5.41) is 18.9. The summed E-state index contributed by atoms with van der Waals surface area (Å²) in [4.78, 5) is 0. The molecule has 30 heavy (non-hydrogen) atoms. The highest BCUT2D eigenvalue weighted by atomic mass is 16.5. The van der Waals surface area contributed by atoms with Crippen molar-refractivity contribution in [1.29, 1.82) is 0 Å². The van der Waals surface area contributed by atoms with Gasteiger partial charge >= 0.3 is 0 Å². The molecule has 0 spiro atoms. The van der Waals surface area contributed by atoms with Gasteiger partial charge < -0.3 is 14.9 Å². The average molecular weight is 429 g/mol. The Morgan fingerprint density at radius 3 is 1.17 bits per heavy atom. The van der Waals surface area contributed by atoms with Crippen molar-refractivity contribution < 1.29 is 14.9 Å². The molecule has 2 atom stereocenters. The van der Waals surface area contributed by atoms with Crippen molar-refractivity contribution in [2.75, 3.05) is 13.2 Å². The van der Waals surface area contributed by atoms with Crippen LogP contribution in [0.2, 0.25) is 0 Å². The van der Waals surface area contributed by atoms with Crippen LogP contribution in [-0.2, 0) is 4.74 Å². The van der Waals surface area contributed by atoms with E-state index in [-0.39, 0.29) is 6.10 Å². The molecule has 182 valence electrons. The lowest BCUT2D eigenvalue weighted by molar-refractivity contribution is -0.00504. The minimum absolute atomic E-state index is 0.316. The topological polar surface area (TPSA) is 49.7 Å². The summed E-state index contributed by atoms with van der Waals surface area (Å²) in [6.07, 6.45) is 27.8. The van der Waals surface area contributed by atoms with Crippen LogP contribution in [0.1, 0.15) is 149 Å². The second-order valence-corrected chi connectivity index (χ2v) is 9.55. The number of aliphatic hydroxyl groups is 2. The fourth-order valence-corrected chi connectivity index (χ4v) is 4.09. The standard InChI is InChI=1S/C27H56O3/c1-3-4-5-6-7-8-9-10-11-12-13-14-15-16-17-18-19-20-21-22-23-27(29)25-30-24-26(2)28/h26-29H,3-25H2,1-2H3. The molecule has 0 saturated carbocycles. The van der Waals surface area contributed by atoms with Crippen LogP contribution in [0.3, 0.4) is 0 Å². The van der Waals surface area contributed by atoms with Gasteiger partial charge in [0.2, 0.25) is 0 Å². The first-order valence-electron chi connectivity index (χ1n) is 13.6. The number of unbranched alkanes of at least 4 members (excludes halogenated alkanes) is 19. The first-order valence-corrected chi connectivity index (χ1v) is 13.6. The van der Waals surface area contributed by atoms with Gasteiger partial charge in [0.25, 0.3) is 0 Å². The molecule has 0 heterocycles. The second kappa shape index (κ2) is 25.1. The Balaban J connectivity index is 3.08. The SMILES string of the molecule is CCCCCCCCCCCCCCCCCCCCCCC(O)COCC(C)O.